The van der Waals surface area contributed by atoms with Crippen LogP contribution in [0.5, 0.6) is 0 Å². The summed E-state index contributed by atoms with van der Waals surface area (Å²) in [7, 11) is 1.69. The van der Waals surface area contributed by atoms with E-state index in [4.69, 9.17) is 4.74 Å². The van der Waals surface area contributed by atoms with Crippen molar-refractivity contribution in [1.29, 1.82) is 0 Å². The zero-order chi connectivity index (χ0) is 9.40. The van der Waals surface area contributed by atoms with Crippen molar-refractivity contribution in [1.82, 2.24) is 4.98 Å². The van der Waals surface area contributed by atoms with Crippen LogP contribution in [0, 0.1) is 0 Å². The number of methoxy groups -OCH3 is 1. The third kappa shape index (κ3) is 3.49. The molecule has 0 amide bonds. The van der Waals surface area contributed by atoms with Crippen molar-refractivity contribution in [3.63, 3.8) is 0 Å². The lowest BCUT2D eigenvalue weighted by Crippen LogP contribution is -1.95. The minimum Gasteiger partial charge on any atom is -0.377 e. The first kappa shape index (κ1) is 11.1. The second-order valence-corrected chi connectivity index (χ2v) is 2.16. The normalized spacial score (nSPS) is 11.3. The van der Waals surface area contributed by atoms with Crippen LogP contribution in [0.4, 0.5) is 0 Å². The first-order valence-corrected chi connectivity index (χ1v) is 4.27. The van der Waals surface area contributed by atoms with E-state index in [-0.39, 0.29) is 6.10 Å². The number of ether oxygens (including phenoxy) is 1. The molecule has 2 nitrogen and oxygen atoms in total. The molecule has 1 aromatic heterocycles. The molecule has 0 saturated carbocycles. The fourth-order valence-corrected chi connectivity index (χ4v) is 0.753. The molecule has 1 rings (SSSR count). The monoisotopic (exact) mass is 167 g/mol. The van der Waals surface area contributed by atoms with Crippen LogP contribution in [0.25, 0.3) is 0 Å². The van der Waals surface area contributed by atoms with Gasteiger partial charge in [0.05, 0.1) is 6.10 Å². The number of rotatable bonds is 2. The molecule has 0 N–H and O–H groups in total. The quantitative estimate of drug-likeness (QED) is 0.675. The zero-order valence-corrected chi connectivity index (χ0v) is 8.24. The molecule has 1 aromatic rings. The Morgan fingerprint density at radius 1 is 1.42 bits per heavy atom. The van der Waals surface area contributed by atoms with E-state index >= 15 is 0 Å². The van der Waals surface area contributed by atoms with Crippen molar-refractivity contribution in [3.05, 3.63) is 30.1 Å². The maximum absolute atomic E-state index is 5.10. The second-order valence-electron chi connectivity index (χ2n) is 2.16. The molecule has 1 atom stereocenters. The van der Waals surface area contributed by atoms with Crippen LogP contribution in [0.3, 0.4) is 0 Å². The molecule has 12 heavy (non-hydrogen) atoms. The van der Waals surface area contributed by atoms with Gasteiger partial charge in [0.2, 0.25) is 0 Å². The highest BCUT2D eigenvalue weighted by Gasteiger charge is 2.00. The molecular weight excluding hydrogens is 150 g/mol. The molecule has 68 valence electrons. The van der Waals surface area contributed by atoms with Crippen LogP contribution in [0.15, 0.2) is 24.5 Å². The second kappa shape index (κ2) is 6.80. The SMILES string of the molecule is CC.COC(C)c1cccnc1. The Hall–Kier alpha value is -0.890. The number of pyridine rings is 1. The summed E-state index contributed by atoms with van der Waals surface area (Å²) < 4.78 is 5.10. The molecule has 0 aliphatic rings. The molecule has 0 fully saturated rings. The summed E-state index contributed by atoms with van der Waals surface area (Å²) in [6, 6.07) is 3.91. The van der Waals surface area contributed by atoms with Crippen molar-refractivity contribution >= 4 is 0 Å². The van der Waals surface area contributed by atoms with Crippen molar-refractivity contribution in [3.8, 4) is 0 Å². The average molecular weight is 167 g/mol. The lowest BCUT2D eigenvalue weighted by Gasteiger charge is -2.07. The third-order valence-corrected chi connectivity index (χ3v) is 1.51. The van der Waals surface area contributed by atoms with Gasteiger partial charge in [0.25, 0.3) is 0 Å². The molecule has 0 aromatic carbocycles. The van der Waals surface area contributed by atoms with Gasteiger partial charge in [-0.1, -0.05) is 19.9 Å². The highest BCUT2D eigenvalue weighted by atomic mass is 16.5. The van der Waals surface area contributed by atoms with Gasteiger partial charge in [-0.2, -0.15) is 0 Å². The summed E-state index contributed by atoms with van der Waals surface area (Å²) in [4.78, 5) is 3.97. The van der Waals surface area contributed by atoms with Crippen molar-refractivity contribution in [2.24, 2.45) is 0 Å². The molecule has 1 unspecified atom stereocenters. The summed E-state index contributed by atoms with van der Waals surface area (Å²) in [5, 5.41) is 0. The van der Waals surface area contributed by atoms with E-state index in [0.717, 1.165) is 5.56 Å². The molecule has 0 radical (unpaired) electrons. The van der Waals surface area contributed by atoms with Crippen LogP contribution in [0.2, 0.25) is 0 Å². The predicted octanol–water partition coefficient (Wildman–Crippen LogP) is 2.82. The fourth-order valence-electron chi connectivity index (χ4n) is 0.753. The van der Waals surface area contributed by atoms with Crippen LogP contribution in [-0.2, 0) is 4.74 Å². The van der Waals surface area contributed by atoms with Gasteiger partial charge < -0.3 is 4.74 Å². The van der Waals surface area contributed by atoms with Gasteiger partial charge in [-0.25, -0.2) is 0 Å². The highest BCUT2D eigenvalue weighted by Crippen LogP contribution is 2.12. The fraction of sp³-hybridized carbons (Fsp3) is 0.500. The first-order valence-electron chi connectivity index (χ1n) is 4.27. The van der Waals surface area contributed by atoms with Crippen LogP contribution < -0.4 is 0 Å². The number of aromatic nitrogens is 1. The standard InChI is InChI=1S/C8H11NO.C2H6/c1-7(10-2)8-4-3-5-9-6-8;1-2/h3-7H,1-2H3;1-2H3. The van der Waals surface area contributed by atoms with Gasteiger partial charge in [0, 0.05) is 19.5 Å². The van der Waals surface area contributed by atoms with Crippen molar-refractivity contribution in [2.75, 3.05) is 7.11 Å². The Bertz CT molecular complexity index is 186. The molecule has 0 spiro atoms. The van der Waals surface area contributed by atoms with E-state index in [1.807, 2.05) is 39.1 Å². The van der Waals surface area contributed by atoms with Crippen LogP contribution in [0.1, 0.15) is 32.4 Å². The van der Waals surface area contributed by atoms with E-state index < -0.39 is 0 Å². The van der Waals surface area contributed by atoms with Gasteiger partial charge in [-0.15, -0.1) is 0 Å². The number of hydrogen-bond acceptors (Lipinski definition) is 2. The van der Waals surface area contributed by atoms with Crippen LogP contribution in [-0.4, -0.2) is 12.1 Å². The van der Waals surface area contributed by atoms with Gasteiger partial charge in [0.1, 0.15) is 0 Å². The third-order valence-electron chi connectivity index (χ3n) is 1.51. The average Bonchev–Trinajstić information content (AvgIpc) is 2.21. The molecule has 0 saturated heterocycles. The Balaban J connectivity index is 0.000000561. The van der Waals surface area contributed by atoms with Crippen molar-refractivity contribution < 1.29 is 4.74 Å². The summed E-state index contributed by atoms with van der Waals surface area (Å²) in [5.41, 5.74) is 1.12. The predicted molar refractivity (Wildman–Crippen MR) is 51.0 cm³/mol. The maximum Gasteiger partial charge on any atom is 0.0807 e. The van der Waals surface area contributed by atoms with E-state index in [1.165, 1.54) is 0 Å². The Morgan fingerprint density at radius 3 is 2.50 bits per heavy atom. The summed E-state index contributed by atoms with van der Waals surface area (Å²) in [6.45, 7) is 6.00. The highest BCUT2D eigenvalue weighted by molar-refractivity contribution is 5.10. The van der Waals surface area contributed by atoms with Gasteiger partial charge in [-0.3, -0.25) is 4.98 Å². The molecule has 2 heteroatoms. The molecular formula is C10H17NO. The van der Waals surface area contributed by atoms with Crippen molar-refractivity contribution in [2.45, 2.75) is 26.9 Å². The van der Waals surface area contributed by atoms with E-state index in [9.17, 15) is 0 Å². The summed E-state index contributed by atoms with van der Waals surface area (Å²) >= 11 is 0. The topological polar surface area (TPSA) is 22.1 Å². The Morgan fingerprint density at radius 2 is 2.08 bits per heavy atom. The summed E-state index contributed by atoms with van der Waals surface area (Å²) in [6.07, 6.45) is 3.72. The van der Waals surface area contributed by atoms with Gasteiger partial charge >= 0.3 is 0 Å². The van der Waals surface area contributed by atoms with Gasteiger partial charge in [-0.05, 0) is 18.6 Å². The lowest BCUT2D eigenvalue weighted by atomic mass is 10.2. The minimum absolute atomic E-state index is 0.147. The molecule has 0 bridgehead atoms. The largest absolute Gasteiger partial charge is 0.377 e. The molecule has 1 heterocycles. The van der Waals surface area contributed by atoms with E-state index in [2.05, 4.69) is 4.98 Å². The number of hydrogen-bond donors (Lipinski definition) is 0. The lowest BCUT2D eigenvalue weighted by molar-refractivity contribution is 0.119. The van der Waals surface area contributed by atoms with E-state index in [0.29, 0.717) is 0 Å². The van der Waals surface area contributed by atoms with Crippen LogP contribution >= 0.6 is 0 Å². The minimum atomic E-state index is 0.147. The van der Waals surface area contributed by atoms with E-state index in [1.54, 1.807) is 13.3 Å². The number of nitrogens with zero attached hydrogens (tertiary/aromatic N) is 1. The maximum atomic E-state index is 5.10. The Labute approximate surface area is 74.6 Å². The summed E-state index contributed by atoms with van der Waals surface area (Å²) in [5.74, 6) is 0. The molecule has 0 aliphatic carbocycles. The first-order chi connectivity index (χ1) is 5.84. The smallest absolute Gasteiger partial charge is 0.0807 e. The Kier molecular flexibility index (Phi) is 6.29. The zero-order valence-electron chi connectivity index (χ0n) is 8.24. The molecule has 0 aliphatic heterocycles. The van der Waals surface area contributed by atoms with Gasteiger partial charge in [0.15, 0.2) is 0 Å².